The van der Waals surface area contributed by atoms with Gasteiger partial charge in [0.2, 0.25) is 0 Å². The van der Waals surface area contributed by atoms with E-state index in [0.717, 1.165) is 0 Å². The maximum atomic E-state index is 11.7. The summed E-state index contributed by atoms with van der Waals surface area (Å²) in [5.74, 6) is 0.514. The highest BCUT2D eigenvalue weighted by atomic mass is 19.4. The molecule has 0 aliphatic carbocycles. The van der Waals surface area contributed by atoms with Gasteiger partial charge in [0.25, 0.3) is 0 Å². The zero-order chi connectivity index (χ0) is 13.6. The molecule has 100 valence electrons. The fourth-order valence-electron chi connectivity index (χ4n) is 1.19. The smallest absolute Gasteiger partial charge is 0.493 e. The Labute approximate surface area is 101 Å². The van der Waals surface area contributed by atoms with Crippen LogP contribution in [-0.2, 0) is 4.74 Å². The van der Waals surface area contributed by atoms with Gasteiger partial charge in [-0.15, -0.1) is 13.2 Å². The van der Waals surface area contributed by atoms with Crippen molar-refractivity contribution >= 4 is 6.29 Å². The summed E-state index contributed by atoms with van der Waals surface area (Å²) in [5.41, 5.74) is 0.336. The molecule has 0 amide bonds. The van der Waals surface area contributed by atoms with Gasteiger partial charge < -0.3 is 9.47 Å². The maximum Gasteiger partial charge on any atom is 0.522 e. The van der Waals surface area contributed by atoms with E-state index in [1.54, 1.807) is 0 Å². The number of carbonyl (C=O) groups is 1. The van der Waals surface area contributed by atoms with Crippen LogP contribution in [0.2, 0.25) is 0 Å². The lowest BCUT2D eigenvalue weighted by Gasteiger charge is -2.12. The van der Waals surface area contributed by atoms with Crippen LogP contribution in [0.4, 0.5) is 13.2 Å². The first-order valence-electron chi connectivity index (χ1n) is 4.93. The van der Waals surface area contributed by atoms with Crippen LogP contribution < -0.4 is 9.47 Å². The van der Waals surface area contributed by atoms with Crippen molar-refractivity contribution in [1.82, 2.24) is 0 Å². The molecule has 7 heteroatoms. The largest absolute Gasteiger partial charge is 0.522 e. The lowest BCUT2D eigenvalue weighted by atomic mass is 10.2. The van der Waals surface area contributed by atoms with Gasteiger partial charge in [0.1, 0.15) is 12.9 Å². The third-order valence-corrected chi connectivity index (χ3v) is 1.93. The van der Waals surface area contributed by atoms with Crippen LogP contribution in [0.3, 0.4) is 0 Å². The Morgan fingerprint density at radius 2 is 1.94 bits per heavy atom. The number of alkyl halides is 3. The average Bonchev–Trinajstić information content (AvgIpc) is 2.33. The molecule has 0 spiro atoms. The summed E-state index contributed by atoms with van der Waals surface area (Å²) in [6, 6.07) is 4.37. The zero-order valence-corrected chi connectivity index (χ0v) is 9.49. The number of rotatable bonds is 6. The van der Waals surface area contributed by atoms with E-state index in [0.29, 0.717) is 17.6 Å². The third kappa shape index (κ3) is 4.62. The molecule has 0 saturated carbocycles. The van der Waals surface area contributed by atoms with E-state index >= 15 is 0 Å². The number of hydrogen-bond donors (Lipinski definition) is 0. The summed E-state index contributed by atoms with van der Waals surface area (Å²) in [7, 11) is 1.38. The molecule has 0 fully saturated rings. The number of ether oxygens (including phenoxy) is 3. The normalized spacial score (nSPS) is 11.1. The molecule has 0 N–H and O–H groups in total. The predicted molar refractivity (Wildman–Crippen MR) is 55.9 cm³/mol. The van der Waals surface area contributed by atoms with Gasteiger partial charge in [0, 0.05) is 5.56 Å². The van der Waals surface area contributed by atoms with E-state index in [4.69, 9.17) is 9.47 Å². The standard InChI is InChI=1S/C11H11F3O4/c1-16-9-3-2-8(7-15)6-10(9)17-4-5-18-11(12,13)14/h2-3,6-7H,4-5H2,1H3. The minimum atomic E-state index is -4.68. The molecule has 0 saturated heterocycles. The van der Waals surface area contributed by atoms with Gasteiger partial charge in [0.05, 0.1) is 13.7 Å². The average molecular weight is 264 g/mol. The highest BCUT2D eigenvalue weighted by Gasteiger charge is 2.28. The van der Waals surface area contributed by atoms with Crippen LogP contribution in [0.5, 0.6) is 11.5 Å². The van der Waals surface area contributed by atoms with Crippen LogP contribution in [0.1, 0.15) is 10.4 Å². The Balaban J connectivity index is 2.57. The molecular weight excluding hydrogens is 253 g/mol. The van der Waals surface area contributed by atoms with E-state index in [1.807, 2.05) is 0 Å². The number of hydrogen-bond acceptors (Lipinski definition) is 4. The summed E-state index contributed by atoms with van der Waals surface area (Å²) in [5, 5.41) is 0. The minimum Gasteiger partial charge on any atom is -0.493 e. The molecule has 1 aromatic rings. The highest BCUT2D eigenvalue weighted by molar-refractivity contribution is 5.76. The molecule has 0 aromatic heterocycles. The zero-order valence-electron chi connectivity index (χ0n) is 9.49. The fourth-order valence-corrected chi connectivity index (χ4v) is 1.19. The van der Waals surface area contributed by atoms with Gasteiger partial charge in [-0.3, -0.25) is 9.53 Å². The molecule has 1 aromatic carbocycles. The first-order valence-corrected chi connectivity index (χ1v) is 4.93. The van der Waals surface area contributed by atoms with Crippen molar-refractivity contribution in [3.63, 3.8) is 0 Å². The van der Waals surface area contributed by atoms with Crippen LogP contribution in [-0.4, -0.2) is 33.0 Å². The summed E-state index contributed by atoms with van der Waals surface area (Å²) in [6.07, 6.45) is -4.09. The van der Waals surface area contributed by atoms with Crippen LogP contribution >= 0.6 is 0 Å². The molecule has 0 bridgehead atoms. The van der Waals surface area contributed by atoms with Crippen LogP contribution in [0.15, 0.2) is 18.2 Å². The molecule has 0 aliphatic heterocycles. The van der Waals surface area contributed by atoms with E-state index in [1.165, 1.54) is 25.3 Å². The number of methoxy groups -OCH3 is 1. The molecule has 0 aliphatic rings. The first kappa shape index (κ1) is 14.3. The van der Waals surface area contributed by atoms with Crippen LogP contribution in [0, 0.1) is 0 Å². The highest BCUT2D eigenvalue weighted by Crippen LogP contribution is 2.27. The van der Waals surface area contributed by atoms with Crippen LogP contribution in [0.25, 0.3) is 0 Å². The lowest BCUT2D eigenvalue weighted by molar-refractivity contribution is -0.325. The second-order valence-corrected chi connectivity index (χ2v) is 3.17. The molecule has 4 nitrogen and oxygen atoms in total. The van der Waals surface area contributed by atoms with Crippen molar-refractivity contribution in [3.8, 4) is 11.5 Å². The van der Waals surface area contributed by atoms with Crippen molar-refractivity contribution in [2.24, 2.45) is 0 Å². The summed E-state index contributed by atoms with van der Waals surface area (Å²) in [6.45, 7) is -0.948. The van der Waals surface area contributed by atoms with Gasteiger partial charge in [-0.1, -0.05) is 0 Å². The Kier molecular flexibility index (Phi) is 4.96. The van der Waals surface area contributed by atoms with Gasteiger partial charge in [0.15, 0.2) is 11.5 Å². The van der Waals surface area contributed by atoms with Gasteiger partial charge in [-0.05, 0) is 18.2 Å². The van der Waals surface area contributed by atoms with Crippen molar-refractivity contribution in [1.29, 1.82) is 0 Å². The lowest BCUT2D eigenvalue weighted by Crippen LogP contribution is -2.18. The quantitative estimate of drug-likeness (QED) is 0.584. The SMILES string of the molecule is COc1ccc(C=O)cc1OCCOC(F)(F)F. The van der Waals surface area contributed by atoms with Crippen molar-refractivity contribution in [2.45, 2.75) is 6.36 Å². The second-order valence-electron chi connectivity index (χ2n) is 3.17. The summed E-state index contributed by atoms with van der Waals surface area (Å²) in [4.78, 5) is 10.5. The molecule has 18 heavy (non-hydrogen) atoms. The molecular formula is C11H11F3O4. The van der Waals surface area contributed by atoms with E-state index in [2.05, 4.69) is 4.74 Å². The van der Waals surface area contributed by atoms with Crippen molar-refractivity contribution in [3.05, 3.63) is 23.8 Å². The Morgan fingerprint density at radius 3 is 2.50 bits per heavy atom. The maximum absolute atomic E-state index is 11.7. The molecule has 1 rings (SSSR count). The molecule has 0 radical (unpaired) electrons. The second kappa shape index (κ2) is 6.25. The topological polar surface area (TPSA) is 44.8 Å². The Hall–Kier alpha value is -1.76. The first-order chi connectivity index (χ1) is 8.46. The Morgan fingerprint density at radius 1 is 1.22 bits per heavy atom. The Bertz CT molecular complexity index is 404. The molecule has 0 heterocycles. The monoisotopic (exact) mass is 264 g/mol. The summed E-state index contributed by atoms with van der Waals surface area (Å²) >= 11 is 0. The van der Waals surface area contributed by atoms with Gasteiger partial charge in [-0.25, -0.2) is 0 Å². The van der Waals surface area contributed by atoms with Crippen molar-refractivity contribution in [2.75, 3.05) is 20.3 Å². The summed E-state index contributed by atoms with van der Waals surface area (Å²) < 4.78 is 48.6. The fraction of sp³-hybridized carbons (Fsp3) is 0.364. The molecule has 0 atom stereocenters. The van der Waals surface area contributed by atoms with E-state index in [9.17, 15) is 18.0 Å². The third-order valence-electron chi connectivity index (χ3n) is 1.93. The number of benzene rings is 1. The number of carbonyl (C=O) groups excluding carboxylic acids is 1. The predicted octanol–water partition coefficient (Wildman–Crippen LogP) is 2.42. The van der Waals surface area contributed by atoms with E-state index in [-0.39, 0.29) is 12.4 Å². The number of aldehydes is 1. The minimum absolute atomic E-state index is 0.188. The van der Waals surface area contributed by atoms with Gasteiger partial charge >= 0.3 is 6.36 Å². The van der Waals surface area contributed by atoms with E-state index < -0.39 is 13.0 Å². The molecule has 0 unspecified atom stereocenters. The number of halogens is 3. The van der Waals surface area contributed by atoms with Crippen molar-refractivity contribution < 1.29 is 32.2 Å². The van der Waals surface area contributed by atoms with Gasteiger partial charge in [-0.2, -0.15) is 0 Å².